The first-order valence-corrected chi connectivity index (χ1v) is 5.11. The van der Waals surface area contributed by atoms with E-state index in [2.05, 4.69) is 4.98 Å². The molecule has 1 aromatic rings. The maximum absolute atomic E-state index is 11.8. The number of hydrogen-bond donors (Lipinski definition) is 0. The normalized spacial score (nSPS) is 9.88. The van der Waals surface area contributed by atoms with E-state index in [0.717, 1.165) is 0 Å². The summed E-state index contributed by atoms with van der Waals surface area (Å²) in [5.74, 6) is -0.405. The third kappa shape index (κ3) is 3.08. The first-order valence-electron chi connectivity index (χ1n) is 5.11. The largest absolute Gasteiger partial charge is 0.465 e. The van der Waals surface area contributed by atoms with Gasteiger partial charge in [0.2, 0.25) is 0 Å². The van der Waals surface area contributed by atoms with E-state index in [9.17, 15) is 9.59 Å². The molecule has 6 heteroatoms. The lowest BCUT2D eigenvalue weighted by Gasteiger charge is -2.19. The van der Waals surface area contributed by atoms with E-state index < -0.39 is 5.97 Å². The standard InChI is InChI=1S/C10H15N3O3/c1-3-12(7-9(14)16-4-2)10(15)13-6-5-11-8-13/h5-6,8H,3-4,7H2,1-2H3. The molecule has 0 spiro atoms. The van der Waals surface area contributed by atoms with Crippen LogP contribution in [0.2, 0.25) is 0 Å². The highest BCUT2D eigenvalue weighted by Crippen LogP contribution is 1.97. The molecular formula is C10H15N3O3. The molecule has 6 nitrogen and oxygen atoms in total. The summed E-state index contributed by atoms with van der Waals surface area (Å²) in [5, 5.41) is 0. The van der Waals surface area contributed by atoms with Crippen molar-refractivity contribution in [3.05, 3.63) is 18.7 Å². The smallest absolute Gasteiger partial charge is 0.329 e. The number of imidazole rings is 1. The molecule has 1 rings (SSSR count). The maximum Gasteiger partial charge on any atom is 0.329 e. The molecule has 1 amide bonds. The molecule has 0 bridgehead atoms. The van der Waals surface area contributed by atoms with Crippen LogP contribution in [0.4, 0.5) is 4.79 Å². The zero-order valence-electron chi connectivity index (χ0n) is 9.42. The summed E-state index contributed by atoms with van der Waals surface area (Å²) in [6, 6.07) is -0.284. The number of likely N-dealkylation sites (N-methyl/N-ethyl adjacent to an activating group) is 1. The first kappa shape index (κ1) is 12.2. The summed E-state index contributed by atoms with van der Waals surface area (Å²) in [6.45, 7) is 4.24. The third-order valence-corrected chi connectivity index (χ3v) is 2.00. The Bertz CT molecular complexity index is 348. The van der Waals surface area contributed by atoms with E-state index in [-0.39, 0.29) is 12.6 Å². The van der Waals surface area contributed by atoms with Gasteiger partial charge in [-0.25, -0.2) is 9.78 Å². The number of nitrogens with zero attached hydrogens (tertiary/aromatic N) is 3. The van der Waals surface area contributed by atoms with Crippen LogP contribution in [-0.4, -0.2) is 46.1 Å². The lowest BCUT2D eigenvalue weighted by Crippen LogP contribution is -2.38. The van der Waals surface area contributed by atoms with Crippen LogP contribution in [0.5, 0.6) is 0 Å². The Morgan fingerprint density at radius 3 is 2.69 bits per heavy atom. The van der Waals surface area contributed by atoms with Gasteiger partial charge in [0.05, 0.1) is 6.61 Å². The minimum absolute atomic E-state index is 0.0403. The van der Waals surface area contributed by atoms with Gasteiger partial charge < -0.3 is 9.64 Å². The molecule has 1 heterocycles. The maximum atomic E-state index is 11.8. The van der Waals surface area contributed by atoms with Gasteiger partial charge in [-0.1, -0.05) is 0 Å². The summed E-state index contributed by atoms with van der Waals surface area (Å²) >= 11 is 0. The van der Waals surface area contributed by atoms with Crippen molar-refractivity contribution in [1.82, 2.24) is 14.5 Å². The average molecular weight is 225 g/mol. The highest BCUT2D eigenvalue weighted by Gasteiger charge is 2.17. The lowest BCUT2D eigenvalue weighted by atomic mass is 10.5. The molecule has 0 radical (unpaired) electrons. The number of esters is 1. The average Bonchev–Trinajstić information content (AvgIpc) is 2.78. The van der Waals surface area contributed by atoms with Gasteiger partial charge in [-0.2, -0.15) is 0 Å². The quantitative estimate of drug-likeness (QED) is 0.709. The van der Waals surface area contributed by atoms with Crippen LogP contribution in [0.1, 0.15) is 13.8 Å². The summed E-state index contributed by atoms with van der Waals surface area (Å²) in [4.78, 5) is 28.2. The van der Waals surface area contributed by atoms with E-state index >= 15 is 0 Å². The van der Waals surface area contributed by atoms with E-state index in [1.54, 1.807) is 13.8 Å². The van der Waals surface area contributed by atoms with Crippen molar-refractivity contribution in [3.63, 3.8) is 0 Å². The van der Waals surface area contributed by atoms with Crippen molar-refractivity contribution in [2.24, 2.45) is 0 Å². The number of ether oxygens (including phenoxy) is 1. The molecule has 1 aromatic heterocycles. The van der Waals surface area contributed by atoms with Crippen LogP contribution in [-0.2, 0) is 9.53 Å². The molecule has 0 saturated heterocycles. The Morgan fingerprint density at radius 2 is 2.19 bits per heavy atom. The summed E-state index contributed by atoms with van der Waals surface area (Å²) in [7, 11) is 0. The van der Waals surface area contributed by atoms with E-state index in [1.165, 1.54) is 28.2 Å². The van der Waals surface area contributed by atoms with Crippen molar-refractivity contribution >= 4 is 12.0 Å². The highest BCUT2D eigenvalue weighted by molar-refractivity contribution is 5.82. The second-order valence-corrected chi connectivity index (χ2v) is 3.07. The number of hydrogen-bond acceptors (Lipinski definition) is 4. The van der Waals surface area contributed by atoms with Crippen LogP contribution in [0.15, 0.2) is 18.7 Å². The van der Waals surface area contributed by atoms with Crippen LogP contribution in [0.25, 0.3) is 0 Å². The van der Waals surface area contributed by atoms with Gasteiger partial charge in [0, 0.05) is 18.9 Å². The molecule has 0 fully saturated rings. The van der Waals surface area contributed by atoms with Crippen molar-refractivity contribution in [3.8, 4) is 0 Å². The van der Waals surface area contributed by atoms with Gasteiger partial charge in [-0.3, -0.25) is 9.36 Å². The molecule has 16 heavy (non-hydrogen) atoms. The molecule has 88 valence electrons. The van der Waals surface area contributed by atoms with Crippen molar-refractivity contribution in [2.75, 3.05) is 19.7 Å². The predicted octanol–water partition coefficient (Wildman–Crippen LogP) is 0.736. The van der Waals surface area contributed by atoms with Gasteiger partial charge >= 0.3 is 12.0 Å². The fourth-order valence-electron chi connectivity index (χ4n) is 1.21. The zero-order chi connectivity index (χ0) is 12.0. The summed E-state index contributed by atoms with van der Waals surface area (Å²) in [5.41, 5.74) is 0. The van der Waals surface area contributed by atoms with Crippen LogP contribution >= 0.6 is 0 Å². The van der Waals surface area contributed by atoms with E-state index in [4.69, 9.17) is 4.74 Å². The van der Waals surface area contributed by atoms with Crippen LogP contribution in [0, 0.1) is 0 Å². The molecule has 0 aliphatic rings. The van der Waals surface area contributed by atoms with Gasteiger partial charge in [-0.05, 0) is 13.8 Å². The second-order valence-electron chi connectivity index (χ2n) is 3.07. The Balaban J connectivity index is 2.61. The van der Waals surface area contributed by atoms with Crippen LogP contribution < -0.4 is 0 Å². The molecular weight excluding hydrogens is 210 g/mol. The SMILES string of the molecule is CCOC(=O)CN(CC)C(=O)n1ccnc1. The number of rotatable bonds is 4. The highest BCUT2D eigenvalue weighted by atomic mass is 16.5. The van der Waals surface area contributed by atoms with Gasteiger partial charge in [0.1, 0.15) is 12.9 Å². The fraction of sp³-hybridized carbons (Fsp3) is 0.500. The van der Waals surface area contributed by atoms with Crippen molar-refractivity contribution in [1.29, 1.82) is 0 Å². The molecule has 0 aliphatic carbocycles. The number of aromatic nitrogens is 2. The lowest BCUT2D eigenvalue weighted by molar-refractivity contribution is -0.143. The Labute approximate surface area is 93.8 Å². The monoisotopic (exact) mass is 225 g/mol. The van der Waals surface area contributed by atoms with E-state index in [0.29, 0.717) is 13.2 Å². The molecule has 0 atom stereocenters. The van der Waals surface area contributed by atoms with Crippen molar-refractivity contribution < 1.29 is 14.3 Å². The van der Waals surface area contributed by atoms with Crippen LogP contribution in [0.3, 0.4) is 0 Å². The molecule has 0 aliphatic heterocycles. The molecule has 0 saturated carbocycles. The summed E-state index contributed by atoms with van der Waals surface area (Å²) in [6.07, 6.45) is 4.45. The Morgan fingerprint density at radius 1 is 1.44 bits per heavy atom. The number of carbonyl (C=O) groups excluding carboxylic acids is 2. The number of carbonyl (C=O) groups is 2. The van der Waals surface area contributed by atoms with Gasteiger partial charge in [0.15, 0.2) is 0 Å². The minimum atomic E-state index is -0.405. The van der Waals surface area contributed by atoms with Gasteiger partial charge in [-0.15, -0.1) is 0 Å². The van der Waals surface area contributed by atoms with E-state index in [1.807, 2.05) is 0 Å². The van der Waals surface area contributed by atoms with Crippen molar-refractivity contribution in [2.45, 2.75) is 13.8 Å². The first-order chi connectivity index (χ1) is 7.69. The second kappa shape index (κ2) is 5.89. The zero-order valence-corrected chi connectivity index (χ0v) is 9.42. The minimum Gasteiger partial charge on any atom is -0.465 e. The third-order valence-electron chi connectivity index (χ3n) is 2.00. The molecule has 0 aromatic carbocycles. The molecule has 0 N–H and O–H groups in total. The summed E-state index contributed by atoms with van der Waals surface area (Å²) < 4.78 is 6.11. The fourth-order valence-corrected chi connectivity index (χ4v) is 1.21. The Kier molecular flexibility index (Phi) is 4.50. The van der Waals surface area contributed by atoms with Gasteiger partial charge in [0.25, 0.3) is 0 Å². The topological polar surface area (TPSA) is 64.4 Å². The number of amides is 1. The molecule has 0 unspecified atom stereocenters. The Hall–Kier alpha value is -1.85. The predicted molar refractivity (Wildman–Crippen MR) is 56.9 cm³/mol.